The van der Waals surface area contributed by atoms with Gasteiger partial charge in [-0.05, 0) is 12.1 Å². The Labute approximate surface area is 113 Å². The van der Waals surface area contributed by atoms with Crippen LogP contribution in [0.1, 0.15) is 16.1 Å². The van der Waals surface area contributed by atoms with E-state index in [1.165, 1.54) is 31.5 Å². The molecule has 20 heavy (non-hydrogen) atoms. The molecule has 0 aliphatic heterocycles. The van der Waals surface area contributed by atoms with Crippen LogP contribution in [0.15, 0.2) is 35.1 Å². The Morgan fingerprint density at radius 1 is 1.45 bits per heavy atom. The van der Waals surface area contributed by atoms with Crippen molar-refractivity contribution in [2.45, 2.75) is 6.54 Å². The third-order valence-corrected chi connectivity index (χ3v) is 2.63. The van der Waals surface area contributed by atoms with Gasteiger partial charge in [-0.15, -0.1) is 0 Å². The predicted molar refractivity (Wildman–Crippen MR) is 70.3 cm³/mol. The monoisotopic (exact) mass is 276 g/mol. The predicted octanol–water partition coefficient (Wildman–Crippen LogP) is 1.55. The highest BCUT2D eigenvalue weighted by Crippen LogP contribution is 2.26. The van der Waals surface area contributed by atoms with Gasteiger partial charge >= 0.3 is 0 Å². The molecule has 8 heteroatoms. The Morgan fingerprint density at radius 3 is 2.85 bits per heavy atom. The molecule has 2 N–H and O–H groups in total. The molecule has 0 fully saturated rings. The number of anilines is 1. The van der Waals surface area contributed by atoms with Gasteiger partial charge < -0.3 is 15.2 Å². The van der Waals surface area contributed by atoms with Crippen LogP contribution in [-0.2, 0) is 6.54 Å². The van der Waals surface area contributed by atoms with Gasteiger partial charge in [-0.1, -0.05) is 5.16 Å². The number of nitrogens with one attached hydrogen (secondary N) is 2. The first kappa shape index (κ1) is 13.5. The minimum Gasteiger partial charge on any atom is -0.374 e. The van der Waals surface area contributed by atoms with Crippen LogP contribution in [0.2, 0.25) is 0 Å². The average Bonchev–Trinajstić information content (AvgIpc) is 2.97. The van der Waals surface area contributed by atoms with Crippen LogP contribution in [0.3, 0.4) is 0 Å². The molecule has 1 amide bonds. The molecule has 0 atom stereocenters. The topological polar surface area (TPSA) is 110 Å². The standard InChI is InChI=1S/C12H12N4O4/c1-13-12(17)8-2-3-10(11(6-8)16(18)19)14-7-9-4-5-20-15-9/h2-6,14H,7H2,1H3,(H,13,17). The van der Waals surface area contributed by atoms with E-state index in [1.807, 2.05) is 0 Å². The lowest BCUT2D eigenvalue weighted by Crippen LogP contribution is -2.18. The van der Waals surface area contributed by atoms with E-state index in [0.29, 0.717) is 11.4 Å². The summed E-state index contributed by atoms with van der Waals surface area (Å²) in [6.07, 6.45) is 1.42. The lowest BCUT2D eigenvalue weighted by molar-refractivity contribution is -0.384. The van der Waals surface area contributed by atoms with Crippen LogP contribution < -0.4 is 10.6 Å². The van der Waals surface area contributed by atoms with Crippen LogP contribution in [0.25, 0.3) is 0 Å². The number of amides is 1. The third kappa shape index (κ3) is 2.91. The molecule has 0 aliphatic rings. The second kappa shape index (κ2) is 5.83. The summed E-state index contributed by atoms with van der Waals surface area (Å²) in [6.45, 7) is 0.288. The number of rotatable bonds is 5. The van der Waals surface area contributed by atoms with Crippen molar-refractivity contribution < 1.29 is 14.2 Å². The summed E-state index contributed by atoms with van der Waals surface area (Å²) in [4.78, 5) is 22.0. The Balaban J connectivity index is 2.23. The van der Waals surface area contributed by atoms with E-state index in [9.17, 15) is 14.9 Å². The second-order valence-electron chi connectivity index (χ2n) is 3.91. The van der Waals surface area contributed by atoms with Crippen molar-refractivity contribution in [2.24, 2.45) is 0 Å². The van der Waals surface area contributed by atoms with Gasteiger partial charge in [0.25, 0.3) is 11.6 Å². The lowest BCUT2D eigenvalue weighted by Gasteiger charge is -2.07. The maximum atomic E-state index is 11.5. The lowest BCUT2D eigenvalue weighted by atomic mass is 10.1. The Morgan fingerprint density at radius 2 is 2.25 bits per heavy atom. The normalized spacial score (nSPS) is 10.1. The Bertz CT molecular complexity index is 624. The van der Waals surface area contributed by atoms with Crippen LogP contribution in [-0.4, -0.2) is 23.0 Å². The van der Waals surface area contributed by atoms with E-state index >= 15 is 0 Å². The van der Waals surface area contributed by atoms with Crippen molar-refractivity contribution in [3.63, 3.8) is 0 Å². The number of benzene rings is 1. The number of aromatic nitrogens is 1. The molecule has 1 aromatic heterocycles. The fourth-order valence-electron chi connectivity index (χ4n) is 1.63. The van der Waals surface area contributed by atoms with Crippen LogP contribution in [0.5, 0.6) is 0 Å². The zero-order valence-corrected chi connectivity index (χ0v) is 10.6. The first-order chi connectivity index (χ1) is 9.61. The minimum atomic E-state index is -0.544. The third-order valence-electron chi connectivity index (χ3n) is 2.63. The number of carbonyl (C=O) groups is 1. The van der Waals surface area contributed by atoms with E-state index < -0.39 is 4.92 Å². The molecule has 0 saturated heterocycles. The highest BCUT2D eigenvalue weighted by atomic mass is 16.6. The molecule has 0 unspecified atom stereocenters. The molecule has 104 valence electrons. The van der Waals surface area contributed by atoms with Crippen molar-refractivity contribution in [3.8, 4) is 0 Å². The second-order valence-corrected chi connectivity index (χ2v) is 3.91. The van der Waals surface area contributed by atoms with Gasteiger partial charge in [0, 0.05) is 24.7 Å². The van der Waals surface area contributed by atoms with Crippen molar-refractivity contribution >= 4 is 17.3 Å². The van der Waals surface area contributed by atoms with E-state index in [2.05, 4.69) is 20.3 Å². The van der Waals surface area contributed by atoms with Crippen LogP contribution in [0, 0.1) is 10.1 Å². The van der Waals surface area contributed by atoms with Gasteiger partial charge in [0.1, 0.15) is 17.6 Å². The largest absolute Gasteiger partial charge is 0.374 e. The molecule has 0 bridgehead atoms. The van der Waals surface area contributed by atoms with Gasteiger partial charge in [-0.25, -0.2) is 0 Å². The highest BCUT2D eigenvalue weighted by Gasteiger charge is 2.17. The smallest absolute Gasteiger partial charge is 0.293 e. The quantitative estimate of drug-likeness (QED) is 0.633. The molecule has 0 radical (unpaired) electrons. The van der Waals surface area contributed by atoms with Crippen LogP contribution in [0.4, 0.5) is 11.4 Å². The fraction of sp³-hybridized carbons (Fsp3) is 0.167. The summed E-state index contributed by atoms with van der Waals surface area (Å²) >= 11 is 0. The molecule has 2 rings (SSSR count). The summed E-state index contributed by atoms with van der Waals surface area (Å²) < 4.78 is 4.67. The number of nitro benzene ring substituents is 1. The van der Waals surface area contributed by atoms with Gasteiger partial charge in [-0.2, -0.15) is 0 Å². The first-order valence-electron chi connectivity index (χ1n) is 5.75. The van der Waals surface area contributed by atoms with E-state index in [1.54, 1.807) is 6.07 Å². The minimum absolute atomic E-state index is 0.172. The number of nitrogens with zero attached hydrogens (tertiary/aromatic N) is 2. The summed E-state index contributed by atoms with van der Waals surface area (Å²) in [6, 6.07) is 5.88. The van der Waals surface area contributed by atoms with Crippen molar-refractivity contribution in [2.75, 3.05) is 12.4 Å². The van der Waals surface area contributed by atoms with Gasteiger partial charge in [-0.3, -0.25) is 14.9 Å². The van der Waals surface area contributed by atoms with Crippen molar-refractivity contribution in [1.82, 2.24) is 10.5 Å². The average molecular weight is 276 g/mol. The van der Waals surface area contributed by atoms with E-state index in [-0.39, 0.29) is 23.7 Å². The molecular weight excluding hydrogens is 264 g/mol. The molecular formula is C12H12N4O4. The summed E-state index contributed by atoms with van der Waals surface area (Å²) in [5, 5.41) is 20.0. The van der Waals surface area contributed by atoms with Crippen molar-refractivity contribution in [1.29, 1.82) is 0 Å². The molecule has 1 aromatic carbocycles. The Kier molecular flexibility index (Phi) is 3.94. The first-order valence-corrected chi connectivity index (χ1v) is 5.75. The summed E-state index contributed by atoms with van der Waals surface area (Å²) in [7, 11) is 1.46. The number of nitro groups is 1. The maximum Gasteiger partial charge on any atom is 0.293 e. The van der Waals surface area contributed by atoms with Gasteiger partial charge in [0.2, 0.25) is 0 Å². The molecule has 1 heterocycles. The van der Waals surface area contributed by atoms with Crippen LogP contribution >= 0.6 is 0 Å². The number of carbonyl (C=O) groups excluding carboxylic acids is 1. The number of hydrogen-bond acceptors (Lipinski definition) is 6. The van der Waals surface area contributed by atoms with E-state index in [0.717, 1.165) is 0 Å². The summed E-state index contributed by atoms with van der Waals surface area (Å²) in [5.74, 6) is -0.379. The maximum absolute atomic E-state index is 11.5. The Hall–Kier alpha value is -2.90. The fourth-order valence-corrected chi connectivity index (χ4v) is 1.63. The molecule has 8 nitrogen and oxygen atoms in total. The van der Waals surface area contributed by atoms with Crippen molar-refractivity contribution in [3.05, 3.63) is 51.9 Å². The molecule has 0 spiro atoms. The zero-order chi connectivity index (χ0) is 14.5. The SMILES string of the molecule is CNC(=O)c1ccc(NCc2ccon2)c([N+](=O)[O-])c1. The van der Waals surface area contributed by atoms with Gasteiger partial charge in [0.05, 0.1) is 11.5 Å². The zero-order valence-electron chi connectivity index (χ0n) is 10.6. The molecule has 2 aromatic rings. The van der Waals surface area contributed by atoms with Gasteiger partial charge in [0.15, 0.2) is 0 Å². The van der Waals surface area contributed by atoms with E-state index in [4.69, 9.17) is 0 Å². The summed E-state index contributed by atoms with van der Waals surface area (Å²) in [5.41, 5.74) is 0.987. The molecule has 0 aliphatic carbocycles. The molecule has 0 saturated carbocycles. The highest BCUT2D eigenvalue weighted by molar-refractivity contribution is 5.95. The number of hydrogen-bond donors (Lipinski definition) is 2.